The molecule has 0 saturated heterocycles. The van der Waals surface area contributed by atoms with E-state index in [1.807, 2.05) is 0 Å². The van der Waals surface area contributed by atoms with Crippen LogP contribution in [0.1, 0.15) is 32.4 Å². The Morgan fingerprint density at radius 3 is 1.66 bits per heavy atom. The number of nitrogen functional groups attached to an aromatic ring is 1. The number of aliphatic carboxylic acids is 1. The minimum absolute atomic E-state index is 0. The molecule has 1 amide bonds. The number of nitrogens with one attached hydrogen (secondary N) is 1. The zero-order valence-electron chi connectivity index (χ0n) is 20.4. The van der Waals surface area contributed by atoms with Crippen LogP contribution in [-0.4, -0.2) is 58.9 Å². The zero-order chi connectivity index (χ0) is 29.1. The molecule has 0 fully saturated rings. The molecule has 0 aromatic heterocycles. The number of aryl methyl sites for hydroxylation is 2. The summed E-state index contributed by atoms with van der Waals surface area (Å²) in [6.07, 6.45) is 0. The van der Waals surface area contributed by atoms with Crippen molar-refractivity contribution in [1.29, 1.82) is 0 Å². The highest BCUT2D eigenvalue weighted by atomic mass is 79.9. The molecule has 13 nitrogen and oxygen atoms in total. The minimum Gasteiger partial charge on any atom is -0.479 e. The average molecular weight is 668 g/mol. The lowest BCUT2D eigenvalue weighted by Crippen LogP contribution is -2.41. The summed E-state index contributed by atoms with van der Waals surface area (Å²) >= 11 is 5.87. The van der Waals surface area contributed by atoms with E-state index in [0.717, 1.165) is 0 Å². The lowest BCUT2D eigenvalue weighted by Gasteiger charge is -2.19. The van der Waals surface area contributed by atoms with E-state index in [-0.39, 0.29) is 29.5 Å². The number of carbonyl (C=O) groups is 2. The summed E-state index contributed by atoms with van der Waals surface area (Å²) < 4.78 is 0. The van der Waals surface area contributed by atoms with Crippen molar-refractivity contribution in [2.45, 2.75) is 46.3 Å². The van der Waals surface area contributed by atoms with Crippen molar-refractivity contribution in [3.63, 3.8) is 0 Å². The number of anilines is 2. The van der Waals surface area contributed by atoms with Crippen LogP contribution in [0.5, 0.6) is 0 Å². The van der Waals surface area contributed by atoms with Crippen LogP contribution in [-0.2, 0) is 9.59 Å². The molecule has 38 heavy (non-hydrogen) atoms. The van der Waals surface area contributed by atoms with E-state index in [4.69, 9.17) is 15.9 Å². The number of hydrogen-bond donors (Lipinski definition) is 5. The standard InChI is InChI=1S/C11H13BrN2O4.C7H8N2O2.C4H7BrO3.CH4/c1-7-5-8(3-4-9(7)14(17)18)13-10(15)11(2,16)6-12;1-5-4-6(8)2-3-7(5)9(10)11;1-4(8,2-5)3(6)7;/h3-5,16H,6H2,1-2H3,(H,13,15);2-4H,8H2,1H3;8H,2H2,1H3,(H,6,7);1H4/t11-;;4-;/m0.0./s1. The van der Waals surface area contributed by atoms with Crippen molar-refractivity contribution < 1.29 is 34.8 Å². The Morgan fingerprint density at radius 2 is 1.34 bits per heavy atom. The summed E-state index contributed by atoms with van der Waals surface area (Å²) in [4.78, 5) is 41.7. The van der Waals surface area contributed by atoms with Gasteiger partial charge in [-0.25, -0.2) is 4.79 Å². The second kappa shape index (κ2) is 16.0. The van der Waals surface area contributed by atoms with Gasteiger partial charge in [-0.15, -0.1) is 0 Å². The number of carboxylic acids is 1. The van der Waals surface area contributed by atoms with Gasteiger partial charge in [0, 0.05) is 45.3 Å². The second-order valence-corrected chi connectivity index (χ2v) is 9.26. The third-order valence-corrected chi connectivity index (χ3v) is 6.72. The zero-order valence-corrected chi connectivity index (χ0v) is 23.6. The summed E-state index contributed by atoms with van der Waals surface area (Å²) in [6.45, 7) is 5.84. The Balaban J connectivity index is 0. The van der Waals surface area contributed by atoms with Gasteiger partial charge in [0.1, 0.15) is 5.60 Å². The molecule has 2 aromatic carbocycles. The Morgan fingerprint density at radius 1 is 0.921 bits per heavy atom. The first kappa shape index (κ1) is 37.0. The smallest absolute Gasteiger partial charge is 0.336 e. The first-order valence-corrected chi connectivity index (χ1v) is 12.5. The summed E-state index contributed by atoms with van der Waals surface area (Å²) in [7, 11) is 0. The second-order valence-electron chi connectivity index (χ2n) is 8.14. The summed E-state index contributed by atoms with van der Waals surface area (Å²) in [6, 6.07) is 8.73. The number of nitrogens with zero attached hydrogens (tertiary/aromatic N) is 2. The number of carbonyl (C=O) groups excluding carboxylic acids is 1. The molecular formula is C23H32Br2N4O9. The number of aliphatic hydroxyl groups is 2. The number of nitro groups is 2. The molecule has 0 spiro atoms. The fourth-order valence-electron chi connectivity index (χ4n) is 2.21. The molecule has 2 rings (SSSR count). The van der Waals surface area contributed by atoms with E-state index in [2.05, 4.69) is 37.2 Å². The van der Waals surface area contributed by atoms with E-state index >= 15 is 0 Å². The van der Waals surface area contributed by atoms with Crippen molar-refractivity contribution >= 4 is 66.5 Å². The molecule has 0 aliphatic carbocycles. The van der Waals surface area contributed by atoms with Crippen molar-refractivity contribution in [2.75, 3.05) is 21.7 Å². The molecule has 0 radical (unpaired) electrons. The van der Waals surface area contributed by atoms with Gasteiger partial charge in [0.05, 0.1) is 9.85 Å². The fraction of sp³-hybridized carbons (Fsp3) is 0.391. The van der Waals surface area contributed by atoms with Gasteiger partial charge in [0.2, 0.25) is 0 Å². The van der Waals surface area contributed by atoms with Crippen molar-refractivity contribution in [1.82, 2.24) is 0 Å². The maximum Gasteiger partial charge on any atom is 0.336 e. The third-order valence-electron chi connectivity index (χ3n) is 4.54. The van der Waals surface area contributed by atoms with E-state index in [9.17, 15) is 34.9 Å². The largest absolute Gasteiger partial charge is 0.479 e. The number of carboxylic acid groups (broad SMARTS) is 1. The van der Waals surface area contributed by atoms with E-state index in [0.29, 0.717) is 22.5 Å². The number of alkyl halides is 2. The number of nitro benzene ring substituents is 2. The number of benzene rings is 2. The van der Waals surface area contributed by atoms with Crippen LogP contribution >= 0.6 is 31.9 Å². The van der Waals surface area contributed by atoms with Gasteiger partial charge in [0.15, 0.2) is 5.60 Å². The van der Waals surface area contributed by atoms with Crippen molar-refractivity contribution in [3.8, 4) is 0 Å². The minimum atomic E-state index is -1.62. The Hall–Kier alpha value is -3.14. The lowest BCUT2D eigenvalue weighted by molar-refractivity contribution is -0.385. The highest BCUT2D eigenvalue weighted by molar-refractivity contribution is 9.09. The number of halogens is 2. The van der Waals surface area contributed by atoms with Gasteiger partial charge >= 0.3 is 5.97 Å². The quantitative estimate of drug-likeness (QED) is 0.122. The van der Waals surface area contributed by atoms with Crippen LogP contribution < -0.4 is 11.1 Å². The number of hydrogen-bond acceptors (Lipinski definition) is 9. The van der Waals surface area contributed by atoms with Gasteiger partial charge in [-0.2, -0.15) is 0 Å². The Kier molecular flexibility index (Phi) is 15.5. The molecule has 212 valence electrons. The van der Waals surface area contributed by atoms with E-state index in [1.54, 1.807) is 19.9 Å². The van der Waals surface area contributed by atoms with E-state index < -0.39 is 32.9 Å². The normalized spacial score (nSPS) is 12.9. The highest BCUT2D eigenvalue weighted by Crippen LogP contribution is 2.22. The molecule has 0 heterocycles. The van der Waals surface area contributed by atoms with Crippen molar-refractivity contribution in [2.24, 2.45) is 0 Å². The number of rotatable bonds is 7. The molecule has 15 heteroatoms. The Bertz CT molecular complexity index is 1140. The van der Waals surface area contributed by atoms with Crippen LogP contribution in [0.3, 0.4) is 0 Å². The molecular weight excluding hydrogens is 636 g/mol. The van der Waals surface area contributed by atoms with Crippen LogP contribution in [0, 0.1) is 34.1 Å². The van der Waals surface area contributed by atoms with Crippen LogP contribution in [0.2, 0.25) is 0 Å². The molecule has 2 atom stereocenters. The van der Waals surface area contributed by atoms with Gasteiger partial charge in [-0.3, -0.25) is 25.0 Å². The lowest BCUT2D eigenvalue weighted by atomic mass is 10.1. The maximum absolute atomic E-state index is 11.7. The first-order chi connectivity index (χ1) is 16.9. The first-order valence-electron chi connectivity index (χ1n) is 10.3. The van der Waals surface area contributed by atoms with Gasteiger partial charge in [-0.05, 0) is 52.0 Å². The maximum atomic E-state index is 11.7. The van der Waals surface area contributed by atoms with Gasteiger partial charge < -0.3 is 26.4 Å². The van der Waals surface area contributed by atoms with E-state index in [1.165, 1.54) is 44.2 Å². The molecule has 0 saturated carbocycles. The number of amides is 1. The SMILES string of the molecule is C.C[C@](O)(CBr)C(=O)O.Cc1cc(N)ccc1[N+](=O)[O-].Cc1cc(NC(=O)[C@@](C)(O)CBr)ccc1[N+](=O)[O-]. The molecule has 0 bridgehead atoms. The van der Waals surface area contributed by atoms with Gasteiger partial charge in [0.25, 0.3) is 17.3 Å². The predicted octanol–water partition coefficient (Wildman–Crippen LogP) is 4.33. The number of nitrogens with two attached hydrogens (primary N) is 1. The predicted molar refractivity (Wildman–Crippen MR) is 152 cm³/mol. The molecule has 0 unspecified atom stereocenters. The third kappa shape index (κ3) is 11.9. The van der Waals surface area contributed by atoms with Crippen molar-refractivity contribution in [3.05, 3.63) is 67.8 Å². The highest BCUT2D eigenvalue weighted by Gasteiger charge is 2.29. The summed E-state index contributed by atoms with van der Waals surface area (Å²) in [5.41, 5.74) is 4.33. The molecule has 2 aromatic rings. The topological polar surface area (TPSA) is 219 Å². The summed E-state index contributed by atoms with van der Waals surface area (Å²) in [5, 5.41) is 50.2. The molecule has 0 aliphatic rings. The average Bonchev–Trinajstić information content (AvgIpc) is 2.79. The molecule has 6 N–H and O–H groups in total. The van der Waals surface area contributed by atoms with Gasteiger partial charge in [-0.1, -0.05) is 39.3 Å². The molecule has 0 aliphatic heterocycles. The van der Waals surface area contributed by atoms with Crippen LogP contribution in [0.15, 0.2) is 36.4 Å². The Labute approximate surface area is 236 Å². The van der Waals surface area contributed by atoms with Crippen LogP contribution in [0.4, 0.5) is 22.7 Å². The monoisotopic (exact) mass is 666 g/mol. The summed E-state index contributed by atoms with van der Waals surface area (Å²) in [5.74, 6) is -1.79. The fourth-order valence-corrected chi connectivity index (χ4v) is 2.70. The van der Waals surface area contributed by atoms with Crippen LogP contribution in [0.25, 0.3) is 0 Å².